The molecule has 3 amide bonds. The Bertz CT molecular complexity index is 1380. The number of hydrogen-bond acceptors (Lipinski definition) is 6. The number of halogens is 1. The number of morpholine rings is 1. The number of nitrogens with one attached hydrogen (secondary N) is 1. The number of imide groups is 1. The third-order valence-corrected chi connectivity index (χ3v) is 5.77. The van der Waals surface area contributed by atoms with Crippen LogP contribution in [0.1, 0.15) is 48.1 Å². The van der Waals surface area contributed by atoms with Gasteiger partial charge >= 0.3 is 0 Å². The molecule has 8 nitrogen and oxygen atoms in total. The lowest BCUT2D eigenvalue weighted by Gasteiger charge is -2.29. The van der Waals surface area contributed by atoms with E-state index in [2.05, 4.69) is 5.32 Å². The minimum Gasteiger partial charge on any atom is -0.488 e. The Hall–Kier alpha value is -3.30. The summed E-state index contributed by atoms with van der Waals surface area (Å²) >= 11 is 0. The van der Waals surface area contributed by atoms with Crippen LogP contribution in [0.4, 0.5) is 4.39 Å². The van der Waals surface area contributed by atoms with Gasteiger partial charge in [-0.1, -0.05) is 18.2 Å². The number of amides is 3. The smallest absolute Gasteiger partial charge is 0.255 e. The lowest BCUT2D eigenvalue weighted by atomic mass is 10.0. The number of rotatable bonds is 6. The molecule has 2 aromatic carbocycles. The van der Waals surface area contributed by atoms with Gasteiger partial charge in [0.2, 0.25) is 11.8 Å². The van der Waals surface area contributed by atoms with Crippen LogP contribution in [0.15, 0.2) is 36.4 Å². The van der Waals surface area contributed by atoms with E-state index in [-0.39, 0.29) is 35.3 Å². The molecule has 0 aromatic heterocycles. The van der Waals surface area contributed by atoms with E-state index in [0.29, 0.717) is 31.2 Å². The minimum atomic E-state index is -2.86. The van der Waals surface area contributed by atoms with Crippen molar-refractivity contribution in [3.05, 3.63) is 64.5 Å². The highest BCUT2D eigenvalue weighted by molar-refractivity contribution is 6.05. The fraction of sp³-hybridized carbons (Fsp3) is 0.400. The molecule has 1 atom stereocenters. The van der Waals surface area contributed by atoms with E-state index in [1.54, 1.807) is 0 Å². The van der Waals surface area contributed by atoms with E-state index in [0.717, 1.165) is 12.1 Å². The maximum Gasteiger partial charge on any atom is 0.255 e. The first-order valence-electron chi connectivity index (χ1n) is 13.9. The van der Waals surface area contributed by atoms with Crippen LogP contribution in [0.5, 0.6) is 5.75 Å². The number of fused-ring (bicyclic) bond motifs is 1. The Morgan fingerprint density at radius 2 is 2.03 bits per heavy atom. The van der Waals surface area contributed by atoms with Crippen LogP contribution in [0, 0.1) is 5.82 Å². The first kappa shape index (κ1) is 16.3. The average molecular weight is 474 g/mol. The van der Waals surface area contributed by atoms with Crippen LogP contribution in [-0.2, 0) is 33.9 Å². The maximum atomic E-state index is 15.3. The quantitative estimate of drug-likeness (QED) is 0.646. The molecule has 3 heterocycles. The molecule has 0 saturated carbocycles. The highest BCUT2D eigenvalue weighted by Crippen LogP contribution is 2.34. The van der Waals surface area contributed by atoms with Crippen LogP contribution < -0.4 is 10.1 Å². The lowest BCUT2D eigenvalue weighted by Crippen LogP contribution is -2.52. The summed E-state index contributed by atoms with van der Waals surface area (Å²) in [4.78, 5) is 39.4. The van der Waals surface area contributed by atoms with Gasteiger partial charge in [0.25, 0.3) is 5.91 Å². The van der Waals surface area contributed by atoms with E-state index in [9.17, 15) is 14.4 Å². The van der Waals surface area contributed by atoms with Gasteiger partial charge in [-0.25, -0.2) is 4.39 Å². The van der Waals surface area contributed by atoms with Gasteiger partial charge in [-0.15, -0.1) is 0 Å². The monoisotopic (exact) mass is 473 g/mol. The maximum absolute atomic E-state index is 15.3. The molecule has 0 unspecified atom stereocenters. The van der Waals surface area contributed by atoms with Gasteiger partial charge in [-0.05, 0) is 30.2 Å². The molecule has 3 aliphatic heterocycles. The minimum absolute atomic E-state index is 0.0196. The highest BCUT2D eigenvalue weighted by Gasteiger charge is 2.40. The standard InChI is InChI=1S/C25H26FN3O5/c26-20-12-16(13-28-8-10-33-11-9-28)4-5-17(20)15-34-22-3-1-2-18-19(22)14-29(25(18)32)21-6-7-23(30)27-24(21)31/h1-5,12,21H,6-11,13-15H2,(H,27,30,31)/t21-/m0/s1/i13D2,14D2,15D2. The van der Waals surface area contributed by atoms with Crippen molar-refractivity contribution in [2.45, 2.75) is 38.4 Å². The molecule has 5 rings (SSSR count). The van der Waals surface area contributed by atoms with Gasteiger partial charge in [0.1, 0.15) is 24.2 Å². The molecule has 2 fully saturated rings. The van der Waals surface area contributed by atoms with E-state index in [1.807, 2.05) is 0 Å². The molecule has 3 aliphatic rings. The van der Waals surface area contributed by atoms with Crippen molar-refractivity contribution in [1.29, 1.82) is 0 Å². The normalized spacial score (nSPS) is 25.9. The topological polar surface area (TPSA) is 88.2 Å². The van der Waals surface area contributed by atoms with Crippen LogP contribution in [-0.4, -0.2) is 59.9 Å². The van der Waals surface area contributed by atoms with E-state index < -0.39 is 54.7 Å². The molecule has 2 aromatic rings. The SMILES string of the molecule is [2H]C([2H])(Oc1cccc2c1C([2H])([2H])N([C@H]1CCC(=O)NC1=O)C2=O)c1ccc(C([2H])([2H])N2CCOCC2)cc1F. The first-order chi connectivity index (χ1) is 18.7. The third-order valence-electron chi connectivity index (χ3n) is 5.77. The molecule has 178 valence electrons. The summed E-state index contributed by atoms with van der Waals surface area (Å²) in [6.45, 7) is -6.24. The van der Waals surface area contributed by atoms with Crippen molar-refractivity contribution in [2.24, 2.45) is 0 Å². The molecule has 0 bridgehead atoms. The molecular weight excluding hydrogens is 441 g/mol. The number of hydrogen-bond donors (Lipinski definition) is 1. The van der Waals surface area contributed by atoms with Crippen molar-refractivity contribution < 1.29 is 36.5 Å². The molecule has 0 spiro atoms. The van der Waals surface area contributed by atoms with Crippen molar-refractivity contribution in [3.63, 3.8) is 0 Å². The van der Waals surface area contributed by atoms with Gasteiger partial charge in [0.05, 0.1) is 25.2 Å². The third kappa shape index (κ3) is 4.53. The highest BCUT2D eigenvalue weighted by atomic mass is 19.1. The molecule has 34 heavy (non-hydrogen) atoms. The van der Waals surface area contributed by atoms with E-state index in [1.165, 1.54) is 29.2 Å². The Morgan fingerprint density at radius 3 is 2.79 bits per heavy atom. The zero-order chi connectivity index (χ0) is 29.0. The Kier molecular flexibility index (Phi) is 4.58. The average Bonchev–Trinajstić information content (AvgIpc) is 3.10. The predicted octanol–water partition coefficient (Wildman–Crippen LogP) is 2.00. The Balaban J connectivity index is 1.44. The second-order valence-corrected chi connectivity index (χ2v) is 8.04. The van der Waals surface area contributed by atoms with Gasteiger partial charge < -0.3 is 14.4 Å². The van der Waals surface area contributed by atoms with Crippen LogP contribution in [0.3, 0.4) is 0 Å². The largest absolute Gasteiger partial charge is 0.488 e. The van der Waals surface area contributed by atoms with Crippen molar-refractivity contribution in [1.82, 2.24) is 15.1 Å². The Labute approximate surface area is 205 Å². The van der Waals surface area contributed by atoms with Gasteiger partial charge in [-0.2, -0.15) is 0 Å². The number of benzene rings is 2. The van der Waals surface area contributed by atoms with Crippen molar-refractivity contribution >= 4 is 17.7 Å². The van der Waals surface area contributed by atoms with Gasteiger partial charge in [0, 0.05) is 45.4 Å². The number of carbonyl (C=O) groups excluding carboxylic acids is 3. The Morgan fingerprint density at radius 1 is 1.21 bits per heavy atom. The summed E-state index contributed by atoms with van der Waals surface area (Å²) in [5.41, 5.74) is -1.06. The number of ether oxygens (including phenoxy) is 2. The van der Waals surface area contributed by atoms with E-state index in [4.69, 9.17) is 17.7 Å². The van der Waals surface area contributed by atoms with Crippen LogP contribution >= 0.6 is 0 Å². The van der Waals surface area contributed by atoms with Crippen LogP contribution in [0.25, 0.3) is 0 Å². The molecule has 0 radical (unpaired) electrons. The second-order valence-electron chi connectivity index (χ2n) is 8.04. The van der Waals surface area contributed by atoms with Gasteiger partial charge in [-0.3, -0.25) is 24.6 Å². The zero-order valence-electron chi connectivity index (χ0n) is 24.1. The summed E-state index contributed by atoms with van der Waals surface area (Å²) in [6.07, 6.45) is -0.173. The molecule has 0 aliphatic carbocycles. The summed E-state index contributed by atoms with van der Waals surface area (Å²) in [7, 11) is 0. The lowest BCUT2D eigenvalue weighted by molar-refractivity contribution is -0.136. The first-order valence-corrected chi connectivity index (χ1v) is 10.9. The number of nitrogens with zero attached hydrogens (tertiary/aromatic N) is 2. The molecule has 1 N–H and O–H groups in total. The summed E-state index contributed by atoms with van der Waals surface area (Å²) < 4.78 is 77.3. The fourth-order valence-electron chi connectivity index (χ4n) is 3.99. The molecule has 2 saturated heterocycles. The van der Waals surface area contributed by atoms with Crippen LogP contribution in [0.2, 0.25) is 0 Å². The number of piperidine rings is 1. The molecule has 9 heteroatoms. The summed E-state index contributed by atoms with van der Waals surface area (Å²) in [5.74, 6) is -3.63. The van der Waals surface area contributed by atoms with Crippen molar-refractivity contribution in [3.8, 4) is 5.75 Å². The molecular formula is C25H26FN3O5. The van der Waals surface area contributed by atoms with E-state index >= 15 is 4.39 Å². The summed E-state index contributed by atoms with van der Waals surface area (Å²) in [6, 6.07) is 5.85. The predicted molar refractivity (Wildman–Crippen MR) is 119 cm³/mol. The van der Waals surface area contributed by atoms with Crippen molar-refractivity contribution in [2.75, 3.05) is 26.3 Å². The summed E-state index contributed by atoms with van der Waals surface area (Å²) in [5, 5.41) is 2.10. The fourth-order valence-corrected chi connectivity index (χ4v) is 3.99. The second kappa shape index (κ2) is 9.52. The number of carbonyl (C=O) groups is 3. The zero-order valence-corrected chi connectivity index (χ0v) is 18.1. The van der Waals surface area contributed by atoms with Gasteiger partial charge in [0.15, 0.2) is 0 Å².